The van der Waals surface area contributed by atoms with Crippen LogP contribution in [0.1, 0.15) is 21.5 Å². The molecule has 0 aliphatic heterocycles. The minimum atomic E-state index is -1.18. The Morgan fingerprint density at radius 3 is 2.50 bits per heavy atom. The highest BCUT2D eigenvalue weighted by molar-refractivity contribution is 5.95. The predicted octanol–water partition coefficient (Wildman–Crippen LogP) is 2.80. The summed E-state index contributed by atoms with van der Waals surface area (Å²) in [5, 5.41) is 19.5. The number of aromatic nitrogens is 1. The van der Waals surface area contributed by atoms with E-state index in [1.54, 1.807) is 0 Å². The number of hydrogen-bond acceptors (Lipinski definition) is 3. The van der Waals surface area contributed by atoms with Gasteiger partial charge < -0.3 is 15.2 Å². The van der Waals surface area contributed by atoms with Crippen LogP contribution in [0.3, 0.4) is 0 Å². The third-order valence-corrected chi connectivity index (χ3v) is 3.69. The van der Waals surface area contributed by atoms with Crippen LogP contribution in [0.15, 0.2) is 41.2 Å². The van der Waals surface area contributed by atoms with Gasteiger partial charge >= 0.3 is 5.97 Å². The number of aromatic hydroxyl groups is 1. The van der Waals surface area contributed by atoms with Gasteiger partial charge in [0.05, 0.1) is 16.6 Å². The number of aromatic amines is 1. The lowest BCUT2D eigenvalue weighted by Gasteiger charge is -2.09. The Kier molecular flexibility index (Phi) is 3.76. The van der Waals surface area contributed by atoms with Gasteiger partial charge in [-0.1, -0.05) is 6.07 Å². The highest BCUT2D eigenvalue weighted by atomic mass is 19.2. The van der Waals surface area contributed by atoms with Gasteiger partial charge in [-0.05, 0) is 35.9 Å². The Labute approximate surface area is 133 Å². The highest BCUT2D eigenvalue weighted by Gasteiger charge is 2.15. The molecule has 24 heavy (non-hydrogen) atoms. The lowest BCUT2D eigenvalue weighted by atomic mass is 10.0. The molecule has 0 aliphatic rings. The summed E-state index contributed by atoms with van der Waals surface area (Å²) in [5.41, 5.74) is -0.132. The third-order valence-electron chi connectivity index (χ3n) is 3.69. The predicted molar refractivity (Wildman–Crippen MR) is 82.4 cm³/mol. The number of pyridine rings is 1. The SMILES string of the molecule is O=C(O)c1ccc2[nH]c(=O)c(Cc3ccc(F)c(F)c3)c(O)c2c1. The number of nitrogens with one attached hydrogen (secondary N) is 1. The molecule has 0 aliphatic carbocycles. The van der Waals surface area contributed by atoms with Crippen molar-refractivity contribution in [2.45, 2.75) is 6.42 Å². The van der Waals surface area contributed by atoms with Gasteiger partial charge in [0.15, 0.2) is 11.6 Å². The molecule has 1 heterocycles. The molecule has 0 radical (unpaired) electrons. The Morgan fingerprint density at radius 1 is 1.08 bits per heavy atom. The summed E-state index contributed by atoms with van der Waals surface area (Å²) < 4.78 is 26.3. The molecular weight excluding hydrogens is 320 g/mol. The van der Waals surface area contributed by atoms with Gasteiger partial charge in [-0.25, -0.2) is 13.6 Å². The van der Waals surface area contributed by atoms with E-state index in [0.29, 0.717) is 5.56 Å². The Hall–Kier alpha value is -3.22. The normalized spacial score (nSPS) is 10.9. The molecule has 122 valence electrons. The van der Waals surface area contributed by atoms with Crippen molar-refractivity contribution < 1.29 is 23.8 Å². The maximum absolute atomic E-state index is 13.3. The summed E-state index contributed by atoms with van der Waals surface area (Å²) in [7, 11) is 0. The molecule has 2 aromatic carbocycles. The van der Waals surface area contributed by atoms with Crippen molar-refractivity contribution in [3.8, 4) is 5.75 Å². The topological polar surface area (TPSA) is 90.4 Å². The second kappa shape index (κ2) is 5.77. The summed E-state index contributed by atoms with van der Waals surface area (Å²) in [6, 6.07) is 7.08. The first-order chi connectivity index (χ1) is 11.4. The van der Waals surface area contributed by atoms with E-state index in [-0.39, 0.29) is 34.2 Å². The molecule has 0 atom stereocenters. The zero-order valence-corrected chi connectivity index (χ0v) is 12.1. The second-order valence-electron chi connectivity index (χ2n) is 5.27. The number of halogens is 2. The fraction of sp³-hybridized carbons (Fsp3) is 0.0588. The Balaban J connectivity index is 2.14. The van der Waals surface area contributed by atoms with Crippen LogP contribution >= 0.6 is 0 Å². The van der Waals surface area contributed by atoms with E-state index < -0.39 is 23.2 Å². The first kappa shape index (κ1) is 15.7. The molecule has 3 aromatic rings. The Morgan fingerprint density at radius 2 is 1.83 bits per heavy atom. The van der Waals surface area contributed by atoms with E-state index in [9.17, 15) is 23.5 Å². The van der Waals surface area contributed by atoms with E-state index in [1.807, 2.05) is 0 Å². The quantitative estimate of drug-likeness (QED) is 0.688. The maximum atomic E-state index is 13.3. The molecule has 0 fully saturated rings. The standard InChI is InChI=1S/C17H11F2NO4/c18-12-3-1-8(6-13(12)19)5-11-15(21)10-7-9(17(23)24)2-4-14(10)20-16(11)22/h1-4,6-7H,5H2,(H,23,24)(H2,20,21,22). The van der Waals surface area contributed by atoms with E-state index >= 15 is 0 Å². The zero-order valence-electron chi connectivity index (χ0n) is 12.1. The minimum absolute atomic E-state index is 0.0522. The smallest absolute Gasteiger partial charge is 0.335 e. The van der Waals surface area contributed by atoms with Crippen LogP contribution in [0.25, 0.3) is 10.9 Å². The number of carboxylic acids is 1. The monoisotopic (exact) mass is 331 g/mol. The molecule has 3 rings (SSSR count). The average molecular weight is 331 g/mol. The van der Waals surface area contributed by atoms with Crippen LogP contribution in [-0.4, -0.2) is 21.2 Å². The van der Waals surface area contributed by atoms with Crippen molar-refractivity contribution in [1.82, 2.24) is 4.98 Å². The van der Waals surface area contributed by atoms with Crippen molar-refractivity contribution in [2.75, 3.05) is 0 Å². The third kappa shape index (κ3) is 2.71. The molecule has 0 bridgehead atoms. The van der Waals surface area contributed by atoms with Gasteiger partial charge in [-0.15, -0.1) is 0 Å². The summed E-state index contributed by atoms with van der Waals surface area (Å²) in [5.74, 6) is -3.63. The molecule has 1 aromatic heterocycles. The molecular formula is C17H11F2NO4. The number of benzene rings is 2. The average Bonchev–Trinajstić information content (AvgIpc) is 2.54. The lowest BCUT2D eigenvalue weighted by molar-refractivity contribution is 0.0697. The van der Waals surface area contributed by atoms with Crippen molar-refractivity contribution in [1.29, 1.82) is 0 Å². The van der Waals surface area contributed by atoms with Crippen molar-refractivity contribution in [3.05, 3.63) is 75.1 Å². The second-order valence-corrected chi connectivity index (χ2v) is 5.27. The van der Waals surface area contributed by atoms with E-state index in [0.717, 1.165) is 12.1 Å². The zero-order chi connectivity index (χ0) is 17.4. The molecule has 5 nitrogen and oxygen atoms in total. The number of rotatable bonds is 3. The summed E-state index contributed by atoms with van der Waals surface area (Å²) in [6.45, 7) is 0. The van der Waals surface area contributed by atoms with Gasteiger partial charge in [0, 0.05) is 11.8 Å². The summed E-state index contributed by atoms with van der Waals surface area (Å²) >= 11 is 0. The van der Waals surface area contributed by atoms with Crippen LogP contribution in [0.4, 0.5) is 8.78 Å². The van der Waals surface area contributed by atoms with Gasteiger partial charge in [0.1, 0.15) is 5.75 Å². The van der Waals surface area contributed by atoms with Gasteiger partial charge in [0.2, 0.25) is 0 Å². The van der Waals surface area contributed by atoms with Crippen LogP contribution in [0.2, 0.25) is 0 Å². The van der Waals surface area contributed by atoms with Gasteiger partial charge in [-0.2, -0.15) is 0 Å². The molecule has 0 saturated carbocycles. The highest BCUT2D eigenvalue weighted by Crippen LogP contribution is 2.27. The van der Waals surface area contributed by atoms with Crippen LogP contribution in [0, 0.1) is 11.6 Å². The van der Waals surface area contributed by atoms with Crippen molar-refractivity contribution >= 4 is 16.9 Å². The number of fused-ring (bicyclic) bond motifs is 1. The van der Waals surface area contributed by atoms with Gasteiger partial charge in [-0.3, -0.25) is 4.79 Å². The molecule has 3 N–H and O–H groups in total. The van der Waals surface area contributed by atoms with Crippen molar-refractivity contribution in [3.63, 3.8) is 0 Å². The van der Waals surface area contributed by atoms with Gasteiger partial charge in [0.25, 0.3) is 5.56 Å². The summed E-state index contributed by atoms with van der Waals surface area (Å²) in [6.07, 6.45) is -0.133. The molecule has 0 unspecified atom stereocenters. The molecule has 7 heteroatoms. The first-order valence-corrected chi connectivity index (χ1v) is 6.92. The molecule has 0 saturated heterocycles. The van der Waals surface area contributed by atoms with E-state index in [2.05, 4.69) is 4.98 Å². The Bertz CT molecular complexity index is 1030. The van der Waals surface area contributed by atoms with Crippen molar-refractivity contribution in [2.24, 2.45) is 0 Å². The van der Waals surface area contributed by atoms with Crippen LogP contribution in [0.5, 0.6) is 5.75 Å². The first-order valence-electron chi connectivity index (χ1n) is 6.92. The summed E-state index contributed by atoms with van der Waals surface area (Å²) in [4.78, 5) is 25.7. The number of carboxylic acid groups (broad SMARTS) is 1. The number of hydrogen-bond donors (Lipinski definition) is 3. The lowest BCUT2D eigenvalue weighted by Crippen LogP contribution is -2.14. The molecule has 0 amide bonds. The molecule has 0 spiro atoms. The van der Waals surface area contributed by atoms with E-state index in [1.165, 1.54) is 24.3 Å². The number of H-pyrrole nitrogens is 1. The fourth-order valence-corrected chi connectivity index (χ4v) is 2.47. The van der Waals surface area contributed by atoms with E-state index in [4.69, 9.17) is 5.11 Å². The minimum Gasteiger partial charge on any atom is -0.507 e. The largest absolute Gasteiger partial charge is 0.507 e. The maximum Gasteiger partial charge on any atom is 0.335 e. The number of carbonyl (C=O) groups is 1. The van der Waals surface area contributed by atoms with Crippen LogP contribution < -0.4 is 5.56 Å². The fourth-order valence-electron chi connectivity index (χ4n) is 2.47. The number of aromatic carboxylic acids is 1. The van der Waals surface area contributed by atoms with Crippen LogP contribution in [-0.2, 0) is 6.42 Å².